The summed E-state index contributed by atoms with van der Waals surface area (Å²) in [6, 6.07) is 1.65. The number of hydrogen-bond donors (Lipinski definition) is 1. The van der Waals surface area contributed by atoms with Crippen LogP contribution in [0.1, 0.15) is 22.5 Å². The van der Waals surface area contributed by atoms with Gasteiger partial charge in [0, 0.05) is 52.8 Å². The second kappa shape index (κ2) is 10.9. The van der Waals surface area contributed by atoms with E-state index in [-0.39, 0.29) is 18.2 Å². The van der Waals surface area contributed by atoms with E-state index in [0.717, 1.165) is 32.8 Å². The van der Waals surface area contributed by atoms with Crippen molar-refractivity contribution in [3.8, 4) is 0 Å². The summed E-state index contributed by atoms with van der Waals surface area (Å²) in [6.45, 7) is 7.66. The summed E-state index contributed by atoms with van der Waals surface area (Å²) in [4.78, 5) is 28.6. The fraction of sp³-hybridized carbons (Fsp3) is 0.667. The SMILES string of the molecule is COCCN(CCC(=O)NCCN1CCOCC1)C(=O)c1ccoc1C. The van der Waals surface area contributed by atoms with E-state index >= 15 is 0 Å². The molecule has 0 aromatic carbocycles. The molecule has 0 bridgehead atoms. The average molecular weight is 367 g/mol. The van der Waals surface area contributed by atoms with Gasteiger partial charge in [-0.3, -0.25) is 14.5 Å². The van der Waals surface area contributed by atoms with Crippen LogP contribution in [0.2, 0.25) is 0 Å². The minimum Gasteiger partial charge on any atom is -0.469 e. The molecule has 1 aliphatic rings. The molecule has 0 aliphatic carbocycles. The molecule has 1 aromatic rings. The van der Waals surface area contributed by atoms with Gasteiger partial charge >= 0.3 is 0 Å². The van der Waals surface area contributed by atoms with Crippen molar-refractivity contribution in [1.29, 1.82) is 0 Å². The van der Waals surface area contributed by atoms with E-state index in [4.69, 9.17) is 13.9 Å². The monoisotopic (exact) mass is 367 g/mol. The molecule has 146 valence electrons. The fourth-order valence-electron chi connectivity index (χ4n) is 2.80. The lowest BCUT2D eigenvalue weighted by Crippen LogP contribution is -2.42. The molecule has 0 radical (unpaired) electrons. The van der Waals surface area contributed by atoms with E-state index in [1.165, 1.54) is 6.26 Å². The van der Waals surface area contributed by atoms with E-state index in [0.29, 0.717) is 37.6 Å². The first-order valence-corrected chi connectivity index (χ1v) is 9.01. The molecule has 26 heavy (non-hydrogen) atoms. The molecule has 8 heteroatoms. The van der Waals surface area contributed by atoms with Crippen molar-refractivity contribution >= 4 is 11.8 Å². The molecule has 1 aromatic heterocycles. The predicted octanol–water partition coefficient (Wildman–Crippen LogP) is 0.515. The Bertz CT molecular complexity index is 569. The summed E-state index contributed by atoms with van der Waals surface area (Å²) < 4.78 is 15.6. The van der Waals surface area contributed by atoms with Crippen LogP contribution in [0.3, 0.4) is 0 Å². The number of carbonyl (C=O) groups is 2. The highest BCUT2D eigenvalue weighted by Gasteiger charge is 2.20. The number of aryl methyl sites for hydroxylation is 1. The Morgan fingerprint density at radius 1 is 1.31 bits per heavy atom. The van der Waals surface area contributed by atoms with Crippen LogP contribution in [0, 0.1) is 6.92 Å². The van der Waals surface area contributed by atoms with Gasteiger partial charge in [-0.05, 0) is 13.0 Å². The number of hydrogen-bond acceptors (Lipinski definition) is 6. The quantitative estimate of drug-likeness (QED) is 0.649. The number of amides is 2. The van der Waals surface area contributed by atoms with Crippen LogP contribution >= 0.6 is 0 Å². The molecule has 0 atom stereocenters. The van der Waals surface area contributed by atoms with Gasteiger partial charge in [-0.1, -0.05) is 0 Å². The molecule has 0 saturated carbocycles. The van der Waals surface area contributed by atoms with Gasteiger partial charge in [0.2, 0.25) is 5.91 Å². The lowest BCUT2D eigenvalue weighted by atomic mass is 10.2. The summed E-state index contributed by atoms with van der Waals surface area (Å²) in [5, 5.41) is 2.92. The van der Waals surface area contributed by atoms with Gasteiger partial charge < -0.3 is 24.1 Å². The third kappa shape index (κ3) is 6.44. The topological polar surface area (TPSA) is 84.3 Å². The predicted molar refractivity (Wildman–Crippen MR) is 96.1 cm³/mol. The van der Waals surface area contributed by atoms with E-state index < -0.39 is 0 Å². The largest absolute Gasteiger partial charge is 0.469 e. The Kier molecular flexibility index (Phi) is 8.60. The van der Waals surface area contributed by atoms with Crippen LogP contribution in [-0.4, -0.2) is 87.8 Å². The third-order valence-electron chi connectivity index (χ3n) is 4.40. The standard InChI is InChI=1S/C18H29N3O5/c1-15-16(4-11-26-15)18(23)21(10-12-24-2)6-3-17(22)19-5-7-20-8-13-25-14-9-20/h4,11H,3,5-10,12-14H2,1-2H3,(H,19,22). The first-order valence-electron chi connectivity index (χ1n) is 9.01. The fourth-order valence-corrected chi connectivity index (χ4v) is 2.80. The van der Waals surface area contributed by atoms with Gasteiger partial charge in [0.25, 0.3) is 5.91 Å². The first-order chi connectivity index (χ1) is 12.6. The van der Waals surface area contributed by atoms with E-state index in [2.05, 4.69) is 10.2 Å². The Labute approximate surface area is 154 Å². The maximum atomic E-state index is 12.6. The molecular weight excluding hydrogens is 338 g/mol. The Morgan fingerprint density at radius 2 is 2.08 bits per heavy atom. The van der Waals surface area contributed by atoms with Crippen molar-refractivity contribution in [2.75, 3.05) is 66.2 Å². The van der Waals surface area contributed by atoms with Crippen LogP contribution in [0.25, 0.3) is 0 Å². The van der Waals surface area contributed by atoms with Crippen molar-refractivity contribution in [3.05, 3.63) is 23.7 Å². The van der Waals surface area contributed by atoms with Crippen molar-refractivity contribution in [1.82, 2.24) is 15.1 Å². The summed E-state index contributed by atoms with van der Waals surface area (Å²) in [5.74, 6) is 0.374. The number of furan rings is 1. The van der Waals surface area contributed by atoms with E-state index in [1.807, 2.05) is 0 Å². The second-order valence-electron chi connectivity index (χ2n) is 6.23. The molecule has 1 saturated heterocycles. The Morgan fingerprint density at radius 3 is 2.73 bits per heavy atom. The van der Waals surface area contributed by atoms with Gasteiger partial charge in [-0.25, -0.2) is 0 Å². The van der Waals surface area contributed by atoms with Crippen LogP contribution in [0.5, 0.6) is 0 Å². The van der Waals surface area contributed by atoms with Crippen molar-refractivity contribution in [3.63, 3.8) is 0 Å². The number of nitrogens with one attached hydrogen (secondary N) is 1. The molecule has 2 heterocycles. The second-order valence-corrected chi connectivity index (χ2v) is 6.23. The molecule has 2 amide bonds. The van der Waals surface area contributed by atoms with Crippen molar-refractivity contribution in [2.24, 2.45) is 0 Å². The van der Waals surface area contributed by atoms with Gasteiger partial charge in [-0.2, -0.15) is 0 Å². The molecule has 1 fully saturated rings. The van der Waals surface area contributed by atoms with Crippen molar-refractivity contribution in [2.45, 2.75) is 13.3 Å². The molecule has 2 rings (SSSR count). The molecule has 8 nitrogen and oxygen atoms in total. The maximum absolute atomic E-state index is 12.6. The van der Waals surface area contributed by atoms with Gasteiger partial charge in [0.1, 0.15) is 5.76 Å². The smallest absolute Gasteiger partial charge is 0.257 e. The number of nitrogens with zero attached hydrogens (tertiary/aromatic N) is 2. The maximum Gasteiger partial charge on any atom is 0.257 e. The van der Waals surface area contributed by atoms with Gasteiger partial charge in [0.15, 0.2) is 0 Å². The first kappa shape index (κ1) is 20.4. The minimum atomic E-state index is -0.144. The molecule has 0 spiro atoms. The number of methoxy groups -OCH3 is 1. The lowest BCUT2D eigenvalue weighted by molar-refractivity contribution is -0.121. The molecule has 1 N–H and O–H groups in total. The van der Waals surface area contributed by atoms with E-state index in [9.17, 15) is 9.59 Å². The summed E-state index contributed by atoms with van der Waals surface area (Å²) in [5.41, 5.74) is 0.522. The number of rotatable bonds is 10. The summed E-state index contributed by atoms with van der Waals surface area (Å²) in [7, 11) is 1.59. The molecule has 1 aliphatic heterocycles. The van der Waals surface area contributed by atoms with Gasteiger partial charge in [0.05, 0.1) is 31.6 Å². The summed E-state index contributed by atoms with van der Waals surface area (Å²) >= 11 is 0. The van der Waals surface area contributed by atoms with Crippen molar-refractivity contribution < 1.29 is 23.5 Å². The number of morpholine rings is 1. The third-order valence-corrected chi connectivity index (χ3v) is 4.40. The molecule has 0 unspecified atom stereocenters. The number of carbonyl (C=O) groups excluding carboxylic acids is 2. The zero-order chi connectivity index (χ0) is 18.8. The summed E-state index contributed by atoms with van der Waals surface area (Å²) in [6.07, 6.45) is 1.75. The highest BCUT2D eigenvalue weighted by molar-refractivity contribution is 5.95. The molecular formula is C18H29N3O5. The van der Waals surface area contributed by atoms with Crippen LogP contribution < -0.4 is 5.32 Å². The Balaban J connectivity index is 1.75. The van der Waals surface area contributed by atoms with Crippen LogP contribution in [0.4, 0.5) is 0 Å². The van der Waals surface area contributed by atoms with Gasteiger partial charge in [-0.15, -0.1) is 0 Å². The normalized spacial score (nSPS) is 15.0. The minimum absolute atomic E-state index is 0.0580. The highest BCUT2D eigenvalue weighted by atomic mass is 16.5. The van der Waals surface area contributed by atoms with Crippen LogP contribution in [0.15, 0.2) is 16.7 Å². The zero-order valence-electron chi connectivity index (χ0n) is 15.7. The lowest BCUT2D eigenvalue weighted by Gasteiger charge is -2.26. The number of ether oxygens (including phenoxy) is 2. The zero-order valence-corrected chi connectivity index (χ0v) is 15.7. The Hall–Kier alpha value is -1.90. The van der Waals surface area contributed by atoms with E-state index in [1.54, 1.807) is 25.0 Å². The average Bonchev–Trinajstić information content (AvgIpc) is 3.08. The highest BCUT2D eigenvalue weighted by Crippen LogP contribution is 2.12. The van der Waals surface area contributed by atoms with Crippen LogP contribution in [-0.2, 0) is 14.3 Å².